The van der Waals surface area contributed by atoms with Gasteiger partial charge in [0.2, 0.25) is 0 Å². The zero-order valence-corrected chi connectivity index (χ0v) is 14.3. The third-order valence-electron chi connectivity index (χ3n) is 2.85. The van der Waals surface area contributed by atoms with E-state index in [1.165, 1.54) is 4.90 Å². The number of nitrogens with one attached hydrogen (secondary N) is 2. The highest BCUT2D eigenvalue weighted by molar-refractivity contribution is 5.98. The second kappa shape index (κ2) is 6.54. The summed E-state index contributed by atoms with van der Waals surface area (Å²) >= 11 is 0. The van der Waals surface area contributed by atoms with E-state index in [2.05, 4.69) is 5.32 Å². The van der Waals surface area contributed by atoms with E-state index in [9.17, 15) is 9.59 Å². The molecule has 1 heterocycles. The molecular weight excluding hydrogens is 286 g/mol. The molecule has 1 rings (SSSR count). The largest absolute Gasteiger partial charge is 0.444 e. The van der Waals surface area contributed by atoms with Crippen molar-refractivity contribution in [3.8, 4) is 0 Å². The van der Waals surface area contributed by atoms with Crippen LogP contribution in [0.15, 0.2) is 0 Å². The lowest BCUT2D eigenvalue weighted by Gasteiger charge is -2.29. The quantitative estimate of drug-likeness (QED) is 0.575. The molecule has 0 aromatic heterocycles. The van der Waals surface area contributed by atoms with Crippen molar-refractivity contribution < 1.29 is 19.1 Å². The number of alkyl carbamates (subject to hydrolysis) is 1. The van der Waals surface area contributed by atoms with Crippen LogP contribution in [0, 0.1) is 5.41 Å². The first-order valence-electron chi connectivity index (χ1n) is 7.47. The first-order valence-corrected chi connectivity index (χ1v) is 7.47. The van der Waals surface area contributed by atoms with Gasteiger partial charge in [-0.15, -0.1) is 0 Å². The number of nitrogens with zero attached hydrogens (tertiary/aromatic N) is 1. The van der Waals surface area contributed by atoms with E-state index in [1.807, 2.05) is 0 Å². The van der Waals surface area contributed by atoms with Crippen LogP contribution in [-0.2, 0) is 9.47 Å². The van der Waals surface area contributed by atoms with Gasteiger partial charge >= 0.3 is 12.2 Å². The van der Waals surface area contributed by atoms with E-state index < -0.39 is 29.4 Å². The molecule has 1 saturated heterocycles. The van der Waals surface area contributed by atoms with Crippen LogP contribution in [0.3, 0.4) is 0 Å². The standard InChI is InChI=1S/C15H27N3O4/c1-14(2,3)21-12(19)17-11(16)10-8-7-9-18(10)13(20)22-15(4,5)6/h10H,7-9H2,1-6H3,(H2,16,17,19). The lowest BCUT2D eigenvalue weighted by atomic mass is 10.2. The molecule has 7 heteroatoms. The van der Waals surface area contributed by atoms with Gasteiger partial charge in [0.1, 0.15) is 17.0 Å². The smallest absolute Gasteiger partial charge is 0.413 e. The molecule has 0 radical (unpaired) electrons. The predicted octanol–water partition coefficient (Wildman–Crippen LogP) is 2.89. The van der Waals surface area contributed by atoms with Gasteiger partial charge in [0, 0.05) is 6.54 Å². The molecule has 0 aromatic rings. The van der Waals surface area contributed by atoms with Gasteiger partial charge in [0.05, 0.1) is 6.04 Å². The van der Waals surface area contributed by atoms with E-state index in [1.54, 1.807) is 41.5 Å². The van der Waals surface area contributed by atoms with Crippen LogP contribution >= 0.6 is 0 Å². The van der Waals surface area contributed by atoms with Crippen molar-refractivity contribution in [1.29, 1.82) is 5.41 Å². The van der Waals surface area contributed by atoms with E-state index in [-0.39, 0.29) is 5.84 Å². The maximum Gasteiger partial charge on any atom is 0.413 e. The zero-order valence-electron chi connectivity index (χ0n) is 14.3. The molecule has 2 amide bonds. The average molecular weight is 313 g/mol. The number of carbonyl (C=O) groups excluding carboxylic acids is 2. The summed E-state index contributed by atoms with van der Waals surface area (Å²) in [5, 5.41) is 10.4. The third-order valence-corrected chi connectivity index (χ3v) is 2.85. The summed E-state index contributed by atoms with van der Waals surface area (Å²) < 4.78 is 10.5. The first kappa shape index (κ1) is 18.3. The van der Waals surface area contributed by atoms with Crippen LogP contribution < -0.4 is 5.32 Å². The summed E-state index contributed by atoms with van der Waals surface area (Å²) in [7, 11) is 0. The highest BCUT2D eigenvalue weighted by Gasteiger charge is 2.35. The lowest BCUT2D eigenvalue weighted by Crippen LogP contribution is -2.49. The van der Waals surface area contributed by atoms with Gasteiger partial charge in [-0.3, -0.25) is 15.6 Å². The highest BCUT2D eigenvalue weighted by Crippen LogP contribution is 2.21. The maximum absolute atomic E-state index is 12.2. The summed E-state index contributed by atoms with van der Waals surface area (Å²) in [4.78, 5) is 25.4. The van der Waals surface area contributed by atoms with Crippen molar-refractivity contribution in [2.75, 3.05) is 6.54 Å². The molecule has 0 spiro atoms. The van der Waals surface area contributed by atoms with Crippen molar-refractivity contribution in [2.24, 2.45) is 0 Å². The summed E-state index contributed by atoms with van der Waals surface area (Å²) in [5.41, 5.74) is -1.23. The monoisotopic (exact) mass is 313 g/mol. The molecular formula is C15H27N3O4. The Bertz CT molecular complexity index is 449. The summed E-state index contributed by atoms with van der Waals surface area (Å²) in [6, 6.07) is -0.484. The second-order valence-electron chi connectivity index (χ2n) is 7.37. The van der Waals surface area contributed by atoms with Crippen molar-refractivity contribution in [2.45, 2.75) is 71.6 Å². The molecule has 0 bridgehead atoms. The SMILES string of the molecule is CC(C)(C)OC(=O)NC(=N)C1CCCN1C(=O)OC(C)(C)C. The van der Waals surface area contributed by atoms with Crippen LogP contribution in [0.25, 0.3) is 0 Å². The summed E-state index contributed by atoms with van der Waals surface area (Å²) in [5.74, 6) is -0.0439. The third kappa shape index (κ3) is 5.91. The Morgan fingerprint density at radius 1 is 1.09 bits per heavy atom. The molecule has 1 unspecified atom stereocenters. The molecule has 7 nitrogen and oxygen atoms in total. The Kier molecular flexibility index (Phi) is 5.43. The molecule has 0 saturated carbocycles. The predicted molar refractivity (Wildman–Crippen MR) is 83.1 cm³/mol. The molecule has 126 valence electrons. The number of hydrogen-bond donors (Lipinski definition) is 2. The molecule has 1 aliphatic heterocycles. The van der Waals surface area contributed by atoms with Crippen molar-refractivity contribution in [1.82, 2.24) is 10.2 Å². The van der Waals surface area contributed by atoms with Crippen LogP contribution in [0.1, 0.15) is 54.4 Å². The van der Waals surface area contributed by atoms with Gasteiger partial charge < -0.3 is 9.47 Å². The number of hydrogen-bond acceptors (Lipinski definition) is 5. The number of amidine groups is 1. The molecule has 22 heavy (non-hydrogen) atoms. The number of likely N-dealkylation sites (tertiary alicyclic amines) is 1. The van der Waals surface area contributed by atoms with Crippen LogP contribution in [0.2, 0.25) is 0 Å². The number of carbonyl (C=O) groups is 2. The Balaban J connectivity index is 2.64. The lowest BCUT2D eigenvalue weighted by molar-refractivity contribution is 0.0259. The van der Waals surface area contributed by atoms with Crippen molar-refractivity contribution >= 4 is 18.0 Å². The molecule has 2 N–H and O–H groups in total. The maximum atomic E-state index is 12.2. The Morgan fingerprint density at radius 3 is 2.14 bits per heavy atom. The van der Waals surface area contributed by atoms with Gasteiger partial charge in [0.15, 0.2) is 0 Å². The minimum Gasteiger partial charge on any atom is -0.444 e. The van der Waals surface area contributed by atoms with Crippen LogP contribution in [-0.4, -0.2) is 46.7 Å². The topological polar surface area (TPSA) is 91.7 Å². The zero-order chi connectivity index (χ0) is 17.1. The number of amides is 2. The Hall–Kier alpha value is -1.79. The highest BCUT2D eigenvalue weighted by atomic mass is 16.6. The first-order chi connectivity index (χ1) is 9.89. The molecule has 0 aliphatic carbocycles. The van der Waals surface area contributed by atoms with Crippen LogP contribution in [0.4, 0.5) is 9.59 Å². The van der Waals surface area contributed by atoms with Gasteiger partial charge in [0.25, 0.3) is 0 Å². The molecule has 0 aromatic carbocycles. The number of rotatable bonds is 1. The summed E-state index contributed by atoms with van der Waals surface area (Å²) in [6.07, 6.45) is 0.232. The minimum atomic E-state index is -0.687. The summed E-state index contributed by atoms with van der Waals surface area (Å²) in [6.45, 7) is 11.1. The van der Waals surface area contributed by atoms with E-state index in [4.69, 9.17) is 14.9 Å². The van der Waals surface area contributed by atoms with E-state index in [0.29, 0.717) is 13.0 Å². The van der Waals surface area contributed by atoms with E-state index >= 15 is 0 Å². The van der Waals surface area contributed by atoms with Crippen LogP contribution in [0.5, 0.6) is 0 Å². The van der Waals surface area contributed by atoms with Crippen molar-refractivity contribution in [3.63, 3.8) is 0 Å². The average Bonchev–Trinajstić information content (AvgIpc) is 2.71. The Labute approximate surface area is 131 Å². The molecule has 1 aliphatic rings. The number of ether oxygens (including phenoxy) is 2. The van der Waals surface area contributed by atoms with Gasteiger partial charge in [-0.2, -0.15) is 0 Å². The Morgan fingerprint density at radius 2 is 1.64 bits per heavy atom. The fourth-order valence-electron chi connectivity index (χ4n) is 2.10. The van der Waals surface area contributed by atoms with Gasteiger partial charge in [-0.1, -0.05) is 0 Å². The normalized spacial score (nSPS) is 18.8. The fourth-order valence-corrected chi connectivity index (χ4v) is 2.10. The molecule has 1 atom stereocenters. The van der Waals surface area contributed by atoms with Gasteiger partial charge in [-0.25, -0.2) is 9.59 Å². The molecule has 1 fully saturated rings. The minimum absolute atomic E-state index is 0.0439. The fraction of sp³-hybridized carbons (Fsp3) is 0.800. The van der Waals surface area contributed by atoms with Crippen molar-refractivity contribution in [3.05, 3.63) is 0 Å². The second-order valence-corrected chi connectivity index (χ2v) is 7.37. The van der Waals surface area contributed by atoms with E-state index in [0.717, 1.165) is 6.42 Å². The van der Waals surface area contributed by atoms with Gasteiger partial charge in [-0.05, 0) is 54.4 Å².